The second kappa shape index (κ2) is 9.53. The predicted octanol–water partition coefficient (Wildman–Crippen LogP) is 7.78. The summed E-state index contributed by atoms with van der Waals surface area (Å²) in [6, 6.07) is 23.5. The van der Waals surface area contributed by atoms with Crippen molar-refractivity contribution in [2.24, 2.45) is 0 Å². The zero-order valence-electron chi connectivity index (χ0n) is 22.5. The lowest BCUT2D eigenvalue weighted by molar-refractivity contribution is 0.0547. The lowest BCUT2D eigenvalue weighted by Crippen LogP contribution is -2.27. The second-order valence-corrected chi connectivity index (χ2v) is 11.7. The van der Waals surface area contributed by atoms with E-state index in [2.05, 4.69) is 20.5 Å². The smallest absolute Gasteiger partial charge is 0.419 e. The molecule has 0 bridgehead atoms. The van der Waals surface area contributed by atoms with E-state index in [1.807, 2.05) is 93.6 Å². The summed E-state index contributed by atoms with van der Waals surface area (Å²) in [6.07, 6.45) is 3.03. The van der Waals surface area contributed by atoms with E-state index in [0.29, 0.717) is 22.9 Å². The molecule has 0 amide bonds. The number of nitrogens with one attached hydrogen (secondary N) is 2. The van der Waals surface area contributed by atoms with E-state index < -0.39 is 11.7 Å². The maximum absolute atomic E-state index is 13.6. The van der Waals surface area contributed by atoms with Crippen LogP contribution in [-0.4, -0.2) is 41.4 Å². The molecule has 41 heavy (non-hydrogen) atoms. The van der Waals surface area contributed by atoms with Gasteiger partial charge in [-0.2, -0.15) is 5.10 Å². The van der Waals surface area contributed by atoms with Gasteiger partial charge in [0.1, 0.15) is 16.4 Å². The Kier molecular flexibility index (Phi) is 5.79. The van der Waals surface area contributed by atoms with Crippen LogP contribution in [0.1, 0.15) is 20.8 Å². The maximum atomic E-state index is 13.6. The van der Waals surface area contributed by atoms with Crippen molar-refractivity contribution in [2.45, 2.75) is 26.4 Å². The SMILES string of the molecule is CC(C)(C)OC(=O)n1c(-c2nc3ccccc3s2)cc2ccc(-c3nccc(Nc4ccc5[nH]ncc5c4)n3)cc21. The van der Waals surface area contributed by atoms with Crippen molar-refractivity contribution in [1.29, 1.82) is 0 Å². The molecule has 0 radical (unpaired) electrons. The maximum Gasteiger partial charge on any atom is 0.419 e. The van der Waals surface area contributed by atoms with Gasteiger partial charge in [-0.3, -0.25) is 5.10 Å². The van der Waals surface area contributed by atoms with Gasteiger partial charge in [-0.05, 0) is 69.3 Å². The van der Waals surface area contributed by atoms with Gasteiger partial charge in [-0.15, -0.1) is 11.3 Å². The van der Waals surface area contributed by atoms with Crippen LogP contribution in [0.2, 0.25) is 0 Å². The molecule has 0 aliphatic rings. The Balaban J connectivity index is 1.31. The Morgan fingerprint density at radius 1 is 0.976 bits per heavy atom. The number of aromatic nitrogens is 6. The average molecular weight is 560 g/mol. The molecule has 0 saturated heterocycles. The van der Waals surface area contributed by atoms with E-state index in [4.69, 9.17) is 14.7 Å². The standard InChI is InChI=1S/C31H25N7O2S/c1-31(2,3)40-30(39)38-24-16-19(9-8-18(24)15-25(38)29-35-23-6-4-5-7-26(23)41-29)28-32-13-12-27(36-28)34-21-10-11-22-20(14-21)17-33-37-22/h4-17H,1-3H3,(H,33,37)(H,32,34,36). The van der Waals surface area contributed by atoms with Crippen molar-refractivity contribution in [3.8, 4) is 22.1 Å². The van der Waals surface area contributed by atoms with Crippen molar-refractivity contribution < 1.29 is 9.53 Å². The fourth-order valence-corrected chi connectivity index (χ4v) is 5.69. The van der Waals surface area contributed by atoms with Gasteiger partial charge >= 0.3 is 6.09 Å². The molecule has 0 unspecified atom stereocenters. The highest BCUT2D eigenvalue weighted by molar-refractivity contribution is 7.21. The molecule has 2 N–H and O–H groups in total. The average Bonchev–Trinajstić information content (AvgIpc) is 3.68. The highest BCUT2D eigenvalue weighted by atomic mass is 32.1. The van der Waals surface area contributed by atoms with Crippen molar-refractivity contribution in [1.82, 2.24) is 29.7 Å². The molecule has 0 fully saturated rings. The number of carbonyl (C=O) groups is 1. The summed E-state index contributed by atoms with van der Waals surface area (Å²) >= 11 is 1.54. The number of hydrogen-bond acceptors (Lipinski definition) is 8. The highest BCUT2D eigenvalue weighted by Gasteiger charge is 2.25. The molecule has 0 aliphatic carbocycles. The molecule has 0 saturated carbocycles. The number of para-hydroxylation sites is 1. The largest absolute Gasteiger partial charge is 0.443 e. The van der Waals surface area contributed by atoms with E-state index in [0.717, 1.165) is 42.8 Å². The number of nitrogens with zero attached hydrogens (tertiary/aromatic N) is 5. The van der Waals surface area contributed by atoms with Crippen molar-refractivity contribution in [3.63, 3.8) is 0 Å². The number of benzene rings is 3. The molecule has 3 aromatic carbocycles. The Morgan fingerprint density at radius 2 is 1.85 bits per heavy atom. The molecule has 0 spiro atoms. The van der Waals surface area contributed by atoms with Crippen LogP contribution in [0.15, 0.2) is 85.2 Å². The number of anilines is 2. The third-order valence-corrected chi connectivity index (χ3v) is 7.58. The van der Waals surface area contributed by atoms with Crippen molar-refractivity contribution >= 4 is 61.0 Å². The lowest BCUT2D eigenvalue weighted by atomic mass is 10.1. The molecule has 202 valence electrons. The first-order valence-corrected chi connectivity index (χ1v) is 13.9. The zero-order valence-corrected chi connectivity index (χ0v) is 23.4. The first kappa shape index (κ1) is 24.9. The van der Waals surface area contributed by atoms with Gasteiger partial charge in [0.05, 0.1) is 33.1 Å². The first-order chi connectivity index (χ1) is 19.8. The van der Waals surface area contributed by atoms with Crippen LogP contribution in [-0.2, 0) is 4.74 Å². The summed E-state index contributed by atoms with van der Waals surface area (Å²) < 4.78 is 8.49. The van der Waals surface area contributed by atoms with Crippen LogP contribution < -0.4 is 5.32 Å². The van der Waals surface area contributed by atoms with Crippen LogP contribution in [0, 0.1) is 0 Å². The van der Waals surface area contributed by atoms with Gasteiger partial charge < -0.3 is 10.1 Å². The molecule has 0 atom stereocenters. The minimum absolute atomic E-state index is 0.468. The minimum Gasteiger partial charge on any atom is -0.443 e. The Labute approximate surface area is 238 Å². The number of fused-ring (bicyclic) bond motifs is 3. The molecular weight excluding hydrogens is 534 g/mol. The number of H-pyrrole nitrogens is 1. The topological polar surface area (TPSA) is 111 Å². The van der Waals surface area contributed by atoms with Crippen LogP contribution in [0.4, 0.5) is 16.3 Å². The number of hydrogen-bond donors (Lipinski definition) is 2. The third kappa shape index (κ3) is 4.78. The molecule has 7 aromatic rings. The Morgan fingerprint density at radius 3 is 2.71 bits per heavy atom. The summed E-state index contributed by atoms with van der Waals surface area (Å²) in [5.74, 6) is 1.18. The number of carbonyl (C=O) groups excluding carboxylic acids is 1. The van der Waals surface area contributed by atoms with Gasteiger partial charge in [-0.1, -0.05) is 24.3 Å². The van der Waals surface area contributed by atoms with Gasteiger partial charge in [0.2, 0.25) is 0 Å². The molecule has 0 aliphatic heterocycles. The zero-order chi connectivity index (χ0) is 28.1. The highest BCUT2D eigenvalue weighted by Crippen LogP contribution is 2.36. The van der Waals surface area contributed by atoms with Crippen molar-refractivity contribution in [2.75, 3.05) is 5.32 Å². The number of rotatable bonds is 4. The Bertz CT molecular complexity index is 2050. The molecular formula is C31H25N7O2S. The predicted molar refractivity (Wildman–Crippen MR) is 163 cm³/mol. The fourth-order valence-electron chi connectivity index (χ4n) is 4.72. The molecule has 4 aromatic heterocycles. The first-order valence-electron chi connectivity index (χ1n) is 13.1. The summed E-state index contributed by atoms with van der Waals surface area (Å²) in [7, 11) is 0. The Hall–Kier alpha value is -5.09. The molecule has 4 heterocycles. The summed E-state index contributed by atoms with van der Waals surface area (Å²) in [5.41, 5.74) is 4.21. The van der Waals surface area contributed by atoms with Gasteiger partial charge in [0, 0.05) is 28.2 Å². The number of ether oxygens (including phenoxy) is 1. The van der Waals surface area contributed by atoms with E-state index in [1.54, 1.807) is 28.3 Å². The van der Waals surface area contributed by atoms with Gasteiger partial charge in [0.25, 0.3) is 0 Å². The van der Waals surface area contributed by atoms with Gasteiger partial charge in [0.15, 0.2) is 5.82 Å². The fraction of sp³-hybridized carbons (Fsp3) is 0.129. The monoisotopic (exact) mass is 559 g/mol. The molecule has 7 rings (SSSR count). The summed E-state index contributed by atoms with van der Waals surface area (Å²) in [6.45, 7) is 5.57. The normalized spacial score (nSPS) is 11.9. The molecule has 9 nitrogen and oxygen atoms in total. The minimum atomic E-state index is -0.668. The van der Waals surface area contributed by atoms with E-state index in [-0.39, 0.29) is 0 Å². The second-order valence-electron chi connectivity index (χ2n) is 10.7. The number of aromatic amines is 1. The molecule has 10 heteroatoms. The van der Waals surface area contributed by atoms with Crippen LogP contribution >= 0.6 is 11.3 Å². The van der Waals surface area contributed by atoms with Gasteiger partial charge in [-0.25, -0.2) is 24.3 Å². The van der Waals surface area contributed by atoms with E-state index >= 15 is 0 Å². The summed E-state index contributed by atoms with van der Waals surface area (Å²) in [5, 5.41) is 13.0. The lowest BCUT2D eigenvalue weighted by Gasteiger charge is -2.20. The van der Waals surface area contributed by atoms with Crippen LogP contribution in [0.3, 0.4) is 0 Å². The van der Waals surface area contributed by atoms with E-state index in [1.165, 1.54) is 0 Å². The third-order valence-electron chi connectivity index (χ3n) is 6.52. The van der Waals surface area contributed by atoms with Crippen molar-refractivity contribution in [3.05, 3.63) is 85.2 Å². The summed E-state index contributed by atoms with van der Waals surface area (Å²) in [4.78, 5) is 27.7. The quantitative estimate of drug-likeness (QED) is 0.226. The number of thiazole rings is 1. The van der Waals surface area contributed by atoms with E-state index in [9.17, 15) is 4.79 Å². The van der Waals surface area contributed by atoms with Crippen LogP contribution in [0.5, 0.6) is 0 Å². The van der Waals surface area contributed by atoms with Crippen LogP contribution in [0.25, 0.3) is 54.1 Å².